The summed E-state index contributed by atoms with van der Waals surface area (Å²) < 4.78 is 43.9. The molecule has 1 aliphatic heterocycles. The number of nitrogens with two attached hydrogens (primary N) is 1. The molecule has 0 bridgehead atoms. The molecule has 0 aromatic carbocycles. The van der Waals surface area contributed by atoms with E-state index < -0.39 is 17.5 Å². The highest BCUT2D eigenvalue weighted by molar-refractivity contribution is 6.04. The molecule has 3 atom stereocenters. The van der Waals surface area contributed by atoms with E-state index in [-0.39, 0.29) is 85.0 Å². The Morgan fingerprint density at radius 1 is 0.641 bits per heavy atom. The van der Waals surface area contributed by atoms with Crippen LogP contribution in [0.25, 0.3) is 0 Å². The summed E-state index contributed by atoms with van der Waals surface area (Å²) in [5, 5.41) is 8.41. The number of ketones is 1. The van der Waals surface area contributed by atoms with Crippen molar-refractivity contribution in [2.45, 2.75) is 106 Å². The first-order chi connectivity index (χ1) is 30.4. The first-order valence-corrected chi connectivity index (χ1v) is 23.0. The average molecular weight is 918 g/mol. The van der Waals surface area contributed by atoms with Crippen LogP contribution in [-0.4, -0.2) is 178 Å². The Morgan fingerprint density at radius 3 is 1.50 bits per heavy atom. The van der Waals surface area contributed by atoms with Crippen molar-refractivity contribution in [3.8, 4) is 0 Å². The molecule has 0 aromatic heterocycles. The van der Waals surface area contributed by atoms with Crippen LogP contribution in [-0.2, 0) is 66.7 Å². The van der Waals surface area contributed by atoms with Crippen molar-refractivity contribution >= 4 is 35.3 Å². The third-order valence-electron chi connectivity index (χ3n) is 10.1. The summed E-state index contributed by atoms with van der Waals surface area (Å²) >= 11 is 0. The average Bonchev–Trinajstić information content (AvgIpc) is 3.52. The Hall–Kier alpha value is -3.14. The molecule has 64 heavy (non-hydrogen) atoms. The number of nitrogens with zero attached hydrogens (tertiary/aromatic N) is 1. The molecule has 1 saturated heterocycles. The van der Waals surface area contributed by atoms with Crippen LogP contribution in [0.5, 0.6) is 0 Å². The number of Topliss-reactive ketones (excluding diaryl/α,β-unsaturated/α-hetero) is 1. The fourth-order valence-corrected chi connectivity index (χ4v) is 6.29. The van der Waals surface area contributed by atoms with Gasteiger partial charge in [-0.15, -0.1) is 0 Å². The zero-order chi connectivity index (χ0) is 47.8. The minimum atomic E-state index is -0.780. The van der Waals surface area contributed by atoms with Gasteiger partial charge in [-0.3, -0.25) is 33.7 Å². The maximum Gasteiger partial charge on any atom is 0.243 e. The summed E-state index contributed by atoms with van der Waals surface area (Å²) in [6, 6.07) is -1.42. The third-order valence-corrected chi connectivity index (χ3v) is 10.1. The second-order valence-corrected chi connectivity index (χ2v) is 18.0. The summed E-state index contributed by atoms with van der Waals surface area (Å²) in [5.41, 5.74) is 4.70. The zero-order valence-electron chi connectivity index (χ0n) is 40.2. The highest BCUT2D eigenvalue weighted by Gasteiger charge is 2.44. The van der Waals surface area contributed by atoms with Gasteiger partial charge in [0.05, 0.1) is 118 Å². The number of unbranched alkanes of at least 4 members (excludes halogenated alkanes) is 1. The fraction of sp³-hybridized carbons (Fsp3) is 0.867. The van der Waals surface area contributed by atoms with E-state index in [1.165, 1.54) is 4.90 Å². The predicted octanol–water partition coefficient (Wildman–Crippen LogP) is 1.81. The van der Waals surface area contributed by atoms with Crippen molar-refractivity contribution < 1.29 is 66.7 Å². The van der Waals surface area contributed by atoms with Gasteiger partial charge in [0.25, 0.3) is 0 Å². The molecule has 1 unspecified atom stereocenters. The molecular weight excluding hydrogens is 835 g/mol. The number of hydrogen-bond donors (Lipinski definition) is 4. The molecule has 1 fully saturated rings. The van der Waals surface area contributed by atoms with Crippen LogP contribution >= 0.6 is 0 Å². The van der Waals surface area contributed by atoms with E-state index in [2.05, 4.69) is 16.0 Å². The summed E-state index contributed by atoms with van der Waals surface area (Å²) in [6.07, 6.45) is 2.31. The van der Waals surface area contributed by atoms with Crippen LogP contribution in [0, 0.1) is 22.7 Å². The molecule has 0 saturated carbocycles. The van der Waals surface area contributed by atoms with Crippen molar-refractivity contribution in [3.05, 3.63) is 0 Å². The highest BCUT2D eigenvalue weighted by atomic mass is 16.6. The van der Waals surface area contributed by atoms with Crippen molar-refractivity contribution in [1.29, 1.82) is 0 Å². The Morgan fingerprint density at radius 2 is 1.09 bits per heavy atom. The Kier molecular flexibility index (Phi) is 31.5. The van der Waals surface area contributed by atoms with Gasteiger partial charge in [-0.05, 0) is 37.1 Å². The summed E-state index contributed by atoms with van der Waals surface area (Å²) in [4.78, 5) is 76.8. The highest BCUT2D eigenvalue weighted by Crippen LogP contribution is 2.35. The summed E-state index contributed by atoms with van der Waals surface area (Å²) in [5.74, 6) is -1.93. The monoisotopic (exact) mass is 918 g/mol. The fourth-order valence-electron chi connectivity index (χ4n) is 6.29. The van der Waals surface area contributed by atoms with Crippen molar-refractivity contribution in [2.75, 3.05) is 125 Å². The molecule has 1 heterocycles. The van der Waals surface area contributed by atoms with Crippen LogP contribution < -0.4 is 21.7 Å². The number of imide groups is 1. The summed E-state index contributed by atoms with van der Waals surface area (Å²) in [7, 11) is 0. The van der Waals surface area contributed by atoms with E-state index in [0.29, 0.717) is 119 Å². The van der Waals surface area contributed by atoms with Gasteiger partial charge in [-0.1, -0.05) is 55.4 Å². The smallest absolute Gasteiger partial charge is 0.243 e. The lowest BCUT2D eigenvalue weighted by Crippen LogP contribution is -2.55. The standard InChI is InChI=1S/C45H83N5O14/c1-34(2)40(42(55)48-36(11-9-10-14-46)41(54)45(6,7)8)49-38(52)13-17-57-19-21-59-23-25-61-27-29-63-31-32-64-30-28-62-26-24-60-22-20-58-18-15-47-37(51)12-16-50-39(53)33-35(43(50)56)44(3,4)5/h34-36,40H,9-33,46H2,1-8H3,(H,47,51)(H,48,55)(H,49,52)/t35?,36-,40-/m0/s1. The molecular formula is C45H83N5O14. The summed E-state index contributed by atoms with van der Waals surface area (Å²) in [6.45, 7) is 22.0. The second kappa shape index (κ2) is 34.2. The second-order valence-electron chi connectivity index (χ2n) is 18.0. The van der Waals surface area contributed by atoms with E-state index >= 15 is 0 Å². The zero-order valence-corrected chi connectivity index (χ0v) is 40.2. The van der Waals surface area contributed by atoms with Gasteiger partial charge in [0, 0.05) is 37.8 Å². The van der Waals surface area contributed by atoms with E-state index in [1.807, 2.05) is 55.4 Å². The Labute approximate surface area is 381 Å². The minimum absolute atomic E-state index is 0.0525. The first kappa shape index (κ1) is 58.9. The predicted molar refractivity (Wildman–Crippen MR) is 239 cm³/mol. The largest absolute Gasteiger partial charge is 0.379 e. The number of hydrogen-bond acceptors (Lipinski definition) is 15. The molecule has 0 radical (unpaired) electrons. The van der Waals surface area contributed by atoms with Crippen molar-refractivity contribution in [1.82, 2.24) is 20.9 Å². The van der Waals surface area contributed by atoms with E-state index in [0.717, 1.165) is 12.8 Å². The maximum absolute atomic E-state index is 13.1. The molecule has 19 nitrogen and oxygen atoms in total. The molecule has 0 aliphatic carbocycles. The number of carbonyl (C=O) groups excluding carboxylic acids is 6. The van der Waals surface area contributed by atoms with Crippen molar-refractivity contribution in [3.63, 3.8) is 0 Å². The molecule has 1 aliphatic rings. The Balaban J connectivity index is 1.91. The molecule has 0 spiro atoms. The van der Waals surface area contributed by atoms with Crippen molar-refractivity contribution in [2.24, 2.45) is 28.4 Å². The minimum Gasteiger partial charge on any atom is -0.379 e. The van der Waals surface area contributed by atoms with Crippen LogP contribution in [0.2, 0.25) is 0 Å². The number of amides is 5. The van der Waals surface area contributed by atoms with Gasteiger partial charge in [0.1, 0.15) is 6.04 Å². The molecule has 372 valence electrons. The van der Waals surface area contributed by atoms with Gasteiger partial charge in [0.2, 0.25) is 29.5 Å². The quantitative estimate of drug-likeness (QED) is 0.0508. The van der Waals surface area contributed by atoms with E-state index in [4.69, 9.17) is 43.6 Å². The SMILES string of the molecule is CC(C)[C@H](NC(=O)CCOCCOCCOCCOCCOCCOCCOCCOCCNC(=O)CCN1C(=O)CC(C(C)(C)C)C1=O)C(=O)N[C@@H](CCCCN)C(=O)C(C)(C)C. The molecule has 19 heteroatoms. The lowest BCUT2D eigenvalue weighted by atomic mass is 9.80. The lowest BCUT2D eigenvalue weighted by molar-refractivity contribution is -0.140. The van der Waals surface area contributed by atoms with Crippen LogP contribution in [0.1, 0.15) is 93.9 Å². The molecule has 5 N–H and O–H groups in total. The number of ether oxygens (including phenoxy) is 8. The molecule has 0 aromatic rings. The van der Waals surface area contributed by atoms with Gasteiger partial charge in [0.15, 0.2) is 5.78 Å². The number of carbonyl (C=O) groups is 6. The normalized spacial score (nSPS) is 15.5. The number of rotatable bonds is 39. The lowest BCUT2D eigenvalue weighted by Gasteiger charge is -2.28. The molecule has 1 rings (SSSR count). The van der Waals surface area contributed by atoms with Gasteiger partial charge in [-0.25, -0.2) is 0 Å². The van der Waals surface area contributed by atoms with Crippen LogP contribution in [0.15, 0.2) is 0 Å². The van der Waals surface area contributed by atoms with Gasteiger partial charge < -0.3 is 59.6 Å². The third kappa shape index (κ3) is 27.4. The van der Waals surface area contributed by atoms with Crippen LogP contribution in [0.3, 0.4) is 0 Å². The van der Waals surface area contributed by atoms with Gasteiger partial charge in [-0.2, -0.15) is 0 Å². The first-order valence-electron chi connectivity index (χ1n) is 23.0. The Bertz CT molecular complexity index is 1340. The van der Waals surface area contributed by atoms with Gasteiger partial charge >= 0.3 is 0 Å². The number of nitrogens with one attached hydrogen (secondary N) is 3. The van der Waals surface area contributed by atoms with E-state index in [1.54, 1.807) is 0 Å². The van der Waals surface area contributed by atoms with E-state index in [9.17, 15) is 28.8 Å². The topological polar surface area (TPSA) is 242 Å². The molecule has 5 amide bonds. The maximum atomic E-state index is 13.1. The number of likely N-dealkylation sites (tertiary alicyclic amines) is 1. The van der Waals surface area contributed by atoms with Crippen LogP contribution in [0.4, 0.5) is 0 Å².